The van der Waals surface area contributed by atoms with Crippen LogP contribution in [0.4, 0.5) is 0 Å². The van der Waals surface area contributed by atoms with Gasteiger partial charge in [-0.1, -0.05) is 0 Å². The second-order valence-electron chi connectivity index (χ2n) is 3.60. The van der Waals surface area contributed by atoms with E-state index in [0.717, 1.165) is 15.3 Å². The Kier molecular flexibility index (Phi) is 4.50. The van der Waals surface area contributed by atoms with E-state index >= 15 is 0 Å². The highest BCUT2D eigenvalue weighted by molar-refractivity contribution is 7.16. The number of carbonyl (C=O) groups excluding carboxylic acids is 1. The predicted octanol–water partition coefficient (Wildman–Crippen LogP) is 3.95. The Morgan fingerprint density at radius 3 is 2.95 bits per heavy atom. The third kappa shape index (κ3) is 3.31. The molecule has 2 aromatic rings. The largest absolute Gasteiger partial charge is 0.462 e. The first-order valence-electron chi connectivity index (χ1n) is 5.66. The summed E-state index contributed by atoms with van der Waals surface area (Å²) in [4.78, 5) is 13.5. The highest BCUT2D eigenvalue weighted by atomic mass is 32.1. The summed E-state index contributed by atoms with van der Waals surface area (Å²) in [6, 6.07) is 7.80. The third-order valence-corrected chi connectivity index (χ3v) is 4.10. The summed E-state index contributed by atoms with van der Waals surface area (Å²) in [5.41, 5.74) is 1.19. The zero-order valence-electron chi connectivity index (χ0n) is 10.3. The van der Waals surface area contributed by atoms with Gasteiger partial charge in [0.15, 0.2) is 0 Å². The third-order valence-electron chi connectivity index (χ3n) is 2.33. The number of esters is 1. The molecule has 0 N–H and O–H groups in total. The molecule has 0 aliphatic rings. The van der Waals surface area contributed by atoms with Gasteiger partial charge in [0.05, 0.1) is 6.61 Å². The Hall–Kier alpha value is -1.90. The van der Waals surface area contributed by atoms with Crippen molar-refractivity contribution in [3.63, 3.8) is 0 Å². The van der Waals surface area contributed by atoms with E-state index in [4.69, 9.17) is 10.00 Å². The SMILES string of the molecule is CCOC(=O)/C(C#N)=C/c1ccc(-c2ccsc2)s1. The van der Waals surface area contributed by atoms with Crippen molar-refractivity contribution in [2.24, 2.45) is 0 Å². The summed E-state index contributed by atoms with van der Waals surface area (Å²) in [5.74, 6) is -0.574. The molecule has 0 saturated heterocycles. The summed E-state index contributed by atoms with van der Waals surface area (Å²) in [5, 5.41) is 13.0. The minimum atomic E-state index is -0.574. The second-order valence-corrected chi connectivity index (χ2v) is 5.50. The molecule has 96 valence electrons. The van der Waals surface area contributed by atoms with Crippen LogP contribution in [-0.4, -0.2) is 12.6 Å². The lowest BCUT2D eigenvalue weighted by Gasteiger charge is -1.98. The van der Waals surface area contributed by atoms with E-state index in [0.29, 0.717) is 0 Å². The van der Waals surface area contributed by atoms with Gasteiger partial charge in [-0.15, -0.1) is 11.3 Å². The molecule has 0 fully saturated rings. The number of nitriles is 1. The first-order chi connectivity index (χ1) is 9.24. The van der Waals surface area contributed by atoms with Crippen LogP contribution in [0.5, 0.6) is 0 Å². The predicted molar refractivity (Wildman–Crippen MR) is 77.9 cm³/mol. The van der Waals surface area contributed by atoms with Gasteiger partial charge < -0.3 is 4.74 Å². The summed E-state index contributed by atoms with van der Waals surface area (Å²) >= 11 is 3.18. The highest BCUT2D eigenvalue weighted by Crippen LogP contribution is 2.30. The van der Waals surface area contributed by atoms with Gasteiger partial charge in [0, 0.05) is 15.3 Å². The summed E-state index contributed by atoms with van der Waals surface area (Å²) in [6.07, 6.45) is 1.57. The smallest absolute Gasteiger partial charge is 0.348 e. The summed E-state index contributed by atoms with van der Waals surface area (Å²) in [6.45, 7) is 1.98. The van der Waals surface area contributed by atoms with Crippen molar-refractivity contribution in [3.8, 4) is 16.5 Å². The molecule has 3 nitrogen and oxygen atoms in total. The van der Waals surface area contributed by atoms with Gasteiger partial charge in [-0.3, -0.25) is 0 Å². The molecule has 0 aliphatic heterocycles. The lowest BCUT2D eigenvalue weighted by molar-refractivity contribution is -0.137. The van der Waals surface area contributed by atoms with Gasteiger partial charge in [-0.25, -0.2) is 4.79 Å². The highest BCUT2D eigenvalue weighted by Gasteiger charge is 2.10. The van der Waals surface area contributed by atoms with Gasteiger partial charge in [-0.2, -0.15) is 16.6 Å². The zero-order valence-corrected chi connectivity index (χ0v) is 11.9. The maximum atomic E-state index is 11.5. The molecule has 0 aromatic carbocycles. The summed E-state index contributed by atoms with van der Waals surface area (Å²) < 4.78 is 4.82. The second kappa shape index (κ2) is 6.32. The maximum Gasteiger partial charge on any atom is 0.348 e. The number of hydrogen-bond donors (Lipinski definition) is 0. The fourth-order valence-electron chi connectivity index (χ4n) is 1.48. The first kappa shape index (κ1) is 13.5. The molecule has 0 bridgehead atoms. The average molecular weight is 289 g/mol. The number of thiophene rings is 2. The topological polar surface area (TPSA) is 50.1 Å². The van der Waals surface area contributed by atoms with E-state index in [-0.39, 0.29) is 12.2 Å². The maximum absolute atomic E-state index is 11.5. The molecule has 19 heavy (non-hydrogen) atoms. The van der Waals surface area contributed by atoms with Crippen molar-refractivity contribution in [1.29, 1.82) is 5.26 Å². The van der Waals surface area contributed by atoms with E-state index in [1.165, 1.54) is 0 Å². The van der Waals surface area contributed by atoms with Crippen LogP contribution in [0.15, 0.2) is 34.5 Å². The van der Waals surface area contributed by atoms with Crippen LogP contribution in [0.1, 0.15) is 11.8 Å². The van der Waals surface area contributed by atoms with Gasteiger partial charge in [0.1, 0.15) is 11.6 Å². The Bertz CT molecular complexity index is 633. The molecule has 0 amide bonds. The zero-order chi connectivity index (χ0) is 13.7. The summed E-state index contributed by atoms with van der Waals surface area (Å²) in [7, 11) is 0. The molecule has 2 aromatic heterocycles. The van der Waals surface area contributed by atoms with Crippen LogP contribution in [0, 0.1) is 11.3 Å². The average Bonchev–Trinajstić information content (AvgIpc) is 3.06. The molecule has 0 atom stereocenters. The van der Waals surface area contributed by atoms with Crippen molar-refractivity contribution in [3.05, 3.63) is 39.4 Å². The van der Waals surface area contributed by atoms with E-state index < -0.39 is 5.97 Å². The van der Waals surface area contributed by atoms with Gasteiger partial charge in [0.2, 0.25) is 0 Å². The van der Waals surface area contributed by atoms with Gasteiger partial charge in [0.25, 0.3) is 0 Å². The molecule has 2 rings (SSSR count). The Labute approximate surface area is 119 Å². The Morgan fingerprint density at radius 1 is 1.47 bits per heavy atom. The molecule has 0 radical (unpaired) electrons. The van der Waals surface area contributed by atoms with Crippen molar-refractivity contribution in [2.45, 2.75) is 6.92 Å². The standard InChI is InChI=1S/C14H11NO2S2/c1-2-17-14(16)11(8-15)7-12-3-4-13(19-12)10-5-6-18-9-10/h3-7,9H,2H2,1H3/b11-7+. The minimum absolute atomic E-state index is 0.0283. The molecule has 0 spiro atoms. The number of rotatable bonds is 4. The van der Waals surface area contributed by atoms with Gasteiger partial charge >= 0.3 is 5.97 Å². The van der Waals surface area contributed by atoms with E-state index in [1.54, 1.807) is 35.7 Å². The van der Waals surface area contributed by atoms with E-state index in [2.05, 4.69) is 5.38 Å². The molecule has 0 unspecified atom stereocenters. The van der Waals surface area contributed by atoms with Crippen molar-refractivity contribution >= 4 is 34.7 Å². The molecule has 2 heterocycles. The molecule has 0 aliphatic carbocycles. The monoisotopic (exact) mass is 289 g/mol. The number of carbonyl (C=O) groups is 1. The number of hydrogen-bond acceptors (Lipinski definition) is 5. The first-order valence-corrected chi connectivity index (χ1v) is 7.42. The van der Waals surface area contributed by atoms with Crippen LogP contribution in [-0.2, 0) is 9.53 Å². The van der Waals surface area contributed by atoms with Crippen LogP contribution in [0.2, 0.25) is 0 Å². The van der Waals surface area contributed by atoms with Crippen molar-refractivity contribution in [1.82, 2.24) is 0 Å². The molecule has 0 saturated carbocycles. The minimum Gasteiger partial charge on any atom is -0.462 e. The van der Waals surface area contributed by atoms with E-state index in [9.17, 15) is 4.79 Å². The quantitative estimate of drug-likeness (QED) is 0.486. The van der Waals surface area contributed by atoms with Crippen LogP contribution in [0.3, 0.4) is 0 Å². The van der Waals surface area contributed by atoms with Crippen molar-refractivity contribution < 1.29 is 9.53 Å². The number of nitrogens with zero attached hydrogens (tertiary/aromatic N) is 1. The van der Waals surface area contributed by atoms with Crippen LogP contribution in [0.25, 0.3) is 16.5 Å². The lowest BCUT2D eigenvalue weighted by atomic mass is 10.2. The molecular formula is C14H11NO2S2. The van der Waals surface area contributed by atoms with Crippen LogP contribution >= 0.6 is 22.7 Å². The van der Waals surface area contributed by atoms with Crippen molar-refractivity contribution in [2.75, 3.05) is 6.61 Å². The molecule has 5 heteroatoms. The Balaban J connectivity index is 2.23. The fourth-order valence-corrected chi connectivity index (χ4v) is 3.16. The normalized spacial score (nSPS) is 11.1. The van der Waals surface area contributed by atoms with Gasteiger partial charge in [-0.05, 0) is 42.0 Å². The Morgan fingerprint density at radius 2 is 2.32 bits per heavy atom. The van der Waals surface area contributed by atoms with Crippen LogP contribution < -0.4 is 0 Å². The lowest BCUT2D eigenvalue weighted by Crippen LogP contribution is -2.05. The number of ether oxygens (including phenoxy) is 1. The fraction of sp³-hybridized carbons (Fsp3) is 0.143. The van der Waals surface area contributed by atoms with E-state index in [1.807, 2.05) is 29.6 Å². The molecular weight excluding hydrogens is 278 g/mol.